The minimum Gasteiger partial charge on any atom is -0.409 e. The Morgan fingerprint density at radius 1 is 1.26 bits per heavy atom. The normalized spacial score (nSPS) is 11.6. The quantitative estimate of drug-likeness (QED) is 0.388. The summed E-state index contributed by atoms with van der Waals surface area (Å²) >= 11 is 1.53. The van der Waals surface area contributed by atoms with Gasteiger partial charge in [0.2, 0.25) is 0 Å². The fraction of sp³-hybridized carbons (Fsp3) is 0.154. The SMILES string of the molecule is Cc1ccc(Sc2cnc(C(N)=NO)cn2)c(C)c1. The third-order valence-corrected chi connectivity index (χ3v) is 3.64. The first-order valence-corrected chi connectivity index (χ1v) is 6.47. The molecule has 0 saturated heterocycles. The van der Waals surface area contributed by atoms with Crippen molar-refractivity contribution in [1.29, 1.82) is 0 Å². The molecule has 0 saturated carbocycles. The van der Waals surface area contributed by atoms with E-state index in [1.54, 1.807) is 6.20 Å². The molecule has 0 unspecified atom stereocenters. The molecular formula is C13H14N4OS. The Morgan fingerprint density at radius 2 is 2.05 bits per heavy atom. The highest BCUT2D eigenvalue weighted by molar-refractivity contribution is 7.99. The molecule has 0 aliphatic rings. The lowest BCUT2D eigenvalue weighted by Gasteiger charge is -2.06. The molecular weight excluding hydrogens is 260 g/mol. The summed E-state index contributed by atoms with van der Waals surface area (Å²) < 4.78 is 0. The number of oxime groups is 1. The van der Waals surface area contributed by atoms with E-state index in [-0.39, 0.29) is 5.84 Å². The van der Waals surface area contributed by atoms with Gasteiger partial charge in [0.15, 0.2) is 5.84 Å². The summed E-state index contributed by atoms with van der Waals surface area (Å²) in [7, 11) is 0. The van der Waals surface area contributed by atoms with Crippen molar-refractivity contribution in [3.63, 3.8) is 0 Å². The highest BCUT2D eigenvalue weighted by Crippen LogP contribution is 2.28. The first-order valence-electron chi connectivity index (χ1n) is 5.65. The molecule has 1 aromatic carbocycles. The van der Waals surface area contributed by atoms with Gasteiger partial charge < -0.3 is 10.9 Å². The van der Waals surface area contributed by atoms with E-state index in [0.717, 1.165) is 9.92 Å². The van der Waals surface area contributed by atoms with Crippen molar-refractivity contribution >= 4 is 17.6 Å². The van der Waals surface area contributed by atoms with E-state index < -0.39 is 0 Å². The van der Waals surface area contributed by atoms with Crippen molar-refractivity contribution in [3.8, 4) is 0 Å². The second kappa shape index (κ2) is 5.71. The number of aromatic nitrogens is 2. The summed E-state index contributed by atoms with van der Waals surface area (Å²) in [5.74, 6) is -0.0458. The van der Waals surface area contributed by atoms with E-state index in [1.165, 1.54) is 29.1 Å². The van der Waals surface area contributed by atoms with Gasteiger partial charge in [0.25, 0.3) is 0 Å². The monoisotopic (exact) mass is 274 g/mol. The Labute approximate surface area is 115 Å². The number of benzene rings is 1. The van der Waals surface area contributed by atoms with E-state index in [1.807, 2.05) is 0 Å². The van der Waals surface area contributed by atoms with Gasteiger partial charge in [0, 0.05) is 4.90 Å². The molecule has 0 bridgehead atoms. The molecule has 2 rings (SSSR count). The summed E-state index contributed by atoms with van der Waals surface area (Å²) in [5, 5.41) is 12.2. The topological polar surface area (TPSA) is 84.4 Å². The van der Waals surface area contributed by atoms with Crippen molar-refractivity contribution in [2.24, 2.45) is 10.9 Å². The molecule has 98 valence electrons. The maximum absolute atomic E-state index is 8.55. The fourth-order valence-electron chi connectivity index (χ4n) is 1.58. The lowest BCUT2D eigenvalue weighted by atomic mass is 10.2. The van der Waals surface area contributed by atoms with Crippen LogP contribution in [0.2, 0.25) is 0 Å². The molecule has 1 aromatic heterocycles. The Hall–Kier alpha value is -2.08. The van der Waals surface area contributed by atoms with Crippen LogP contribution in [0.25, 0.3) is 0 Å². The van der Waals surface area contributed by atoms with Gasteiger partial charge in [-0.25, -0.2) is 9.97 Å². The first kappa shape index (κ1) is 13.4. The number of aryl methyl sites for hydroxylation is 2. The molecule has 0 fully saturated rings. The molecule has 0 atom stereocenters. The largest absolute Gasteiger partial charge is 0.409 e. The summed E-state index contributed by atoms with van der Waals surface area (Å²) in [6.07, 6.45) is 3.10. The summed E-state index contributed by atoms with van der Waals surface area (Å²) in [6, 6.07) is 6.25. The Kier molecular flexibility index (Phi) is 4.01. The van der Waals surface area contributed by atoms with Crippen molar-refractivity contribution < 1.29 is 5.21 Å². The van der Waals surface area contributed by atoms with Crippen LogP contribution in [-0.2, 0) is 0 Å². The van der Waals surface area contributed by atoms with Gasteiger partial charge in [-0.15, -0.1) is 0 Å². The summed E-state index contributed by atoms with van der Waals surface area (Å²) in [5.41, 5.74) is 8.22. The lowest BCUT2D eigenvalue weighted by molar-refractivity contribution is 0.318. The van der Waals surface area contributed by atoms with E-state index in [0.29, 0.717) is 5.69 Å². The predicted octanol–water partition coefficient (Wildman–Crippen LogP) is 2.34. The molecule has 1 heterocycles. The average molecular weight is 274 g/mol. The van der Waals surface area contributed by atoms with Crippen molar-refractivity contribution in [2.75, 3.05) is 0 Å². The zero-order valence-electron chi connectivity index (χ0n) is 10.7. The van der Waals surface area contributed by atoms with Crippen LogP contribution in [0.1, 0.15) is 16.8 Å². The van der Waals surface area contributed by atoms with Crippen LogP contribution in [0.4, 0.5) is 0 Å². The van der Waals surface area contributed by atoms with Crippen LogP contribution in [0.5, 0.6) is 0 Å². The summed E-state index contributed by atoms with van der Waals surface area (Å²) in [6.45, 7) is 4.13. The van der Waals surface area contributed by atoms with Gasteiger partial charge >= 0.3 is 0 Å². The number of hydrogen-bond acceptors (Lipinski definition) is 5. The Morgan fingerprint density at radius 3 is 2.63 bits per heavy atom. The number of nitrogens with two attached hydrogens (primary N) is 1. The zero-order valence-corrected chi connectivity index (χ0v) is 11.5. The Balaban J connectivity index is 2.20. The van der Waals surface area contributed by atoms with Crippen LogP contribution >= 0.6 is 11.8 Å². The van der Waals surface area contributed by atoms with Crippen LogP contribution < -0.4 is 5.73 Å². The van der Waals surface area contributed by atoms with Gasteiger partial charge in [-0.1, -0.05) is 34.6 Å². The minimum atomic E-state index is -0.0458. The third kappa shape index (κ3) is 3.23. The molecule has 2 aromatic rings. The molecule has 5 nitrogen and oxygen atoms in total. The van der Waals surface area contributed by atoms with Crippen LogP contribution in [-0.4, -0.2) is 21.0 Å². The molecule has 6 heteroatoms. The highest BCUT2D eigenvalue weighted by atomic mass is 32.2. The van der Waals surface area contributed by atoms with E-state index in [4.69, 9.17) is 10.9 Å². The smallest absolute Gasteiger partial charge is 0.190 e. The van der Waals surface area contributed by atoms with E-state index in [2.05, 4.69) is 47.2 Å². The first-order chi connectivity index (χ1) is 9.10. The van der Waals surface area contributed by atoms with Crippen LogP contribution in [0.3, 0.4) is 0 Å². The second-order valence-electron chi connectivity index (χ2n) is 4.10. The van der Waals surface area contributed by atoms with Crippen LogP contribution in [0, 0.1) is 13.8 Å². The van der Waals surface area contributed by atoms with E-state index >= 15 is 0 Å². The molecule has 0 amide bonds. The third-order valence-electron chi connectivity index (χ3n) is 2.54. The zero-order chi connectivity index (χ0) is 13.8. The molecule has 0 aliphatic carbocycles. The van der Waals surface area contributed by atoms with Crippen molar-refractivity contribution in [3.05, 3.63) is 47.4 Å². The molecule has 19 heavy (non-hydrogen) atoms. The summed E-state index contributed by atoms with van der Waals surface area (Å²) in [4.78, 5) is 9.46. The second-order valence-corrected chi connectivity index (χ2v) is 5.16. The highest BCUT2D eigenvalue weighted by Gasteiger charge is 2.05. The number of rotatable bonds is 3. The van der Waals surface area contributed by atoms with Gasteiger partial charge in [-0.3, -0.25) is 0 Å². The van der Waals surface area contributed by atoms with E-state index in [9.17, 15) is 0 Å². The lowest BCUT2D eigenvalue weighted by Crippen LogP contribution is -2.15. The minimum absolute atomic E-state index is 0.0458. The molecule has 3 N–H and O–H groups in total. The standard InChI is InChI=1S/C13H14N4OS/c1-8-3-4-11(9(2)5-8)19-12-7-15-10(6-16-12)13(14)17-18/h3-7,18H,1-2H3,(H2,14,17). The van der Waals surface area contributed by atoms with Gasteiger partial charge in [-0.2, -0.15) is 0 Å². The molecule has 0 radical (unpaired) electrons. The predicted molar refractivity (Wildman–Crippen MR) is 74.6 cm³/mol. The van der Waals surface area contributed by atoms with Crippen LogP contribution in [0.15, 0.2) is 45.7 Å². The number of hydrogen-bond donors (Lipinski definition) is 2. The number of amidine groups is 1. The van der Waals surface area contributed by atoms with Crippen molar-refractivity contribution in [2.45, 2.75) is 23.8 Å². The average Bonchev–Trinajstić information content (AvgIpc) is 2.42. The van der Waals surface area contributed by atoms with Gasteiger partial charge in [-0.05, 0) is 25.5 Å². The number of nitrogens with zero attached hydrogens (tertiary/aromatic N) is 3. The molecule has 0 aliphatic heterocycles. The van der Waals surface area contributed by atoms with Crippen molar-refractivity contribution in [1.82, 2.24) is 9.97 Å². The Bertz CT molecular complexity index is 611. The fourth-order valence-corrected chi connectivity index (χ4v) is 2.37. The maximum atomic E-state index is 8.55. The maximum Gasteiger partial charge on any atom is 0.190 e. The van der Waals surface area contributed by atoms with Gasteiger partial charge in [0.05, 0.1) is 12.4 Å². The van der Waals surface area contributed by atoms with Gasteiger partial charge in [0.1, 0.15) is 10.7 Å². The molecule has 0 spiro atoms.